The van der Waals surface area contributed by atoms with Gasteiger partial charge in [0.2, 0.25) is 5.60 Å². The summed E-state index contributed by atoms with van der Waals surface area (Å²) in [5, 5.41) is 13.9. The second-order valence-corrected chi connectivity index (χ2v) is 5.81. The summed E-state index contributed by atoms with van der Waals surface area (Å²) < 4.78 is 5.62. The van der Waals surface area contributed by atoms with Crippen LogP contribution in [0.2, 0.25) is 5.02 Å². The molecule has 1 N–H and O–H groups in total. The Bertz CT molecular complexity index is 660. The number of rotatable bonds is 8. The average Bonchev–Trinajstić information content (AvgIpc) is 3.00. The van der Waals surface area contributed by atoms with Gasteiger partial charge in [-0.05, 0) is 50.1 Å². The topological polar surface area (TPSA) is 73.6 Å². The lowest BCUT2D eigenvalue weighted by atomic mass is 10.0. The quantitative estimate of drug-likeness (QED) is 0.749. The number of ether oxygens (including phenoxy) is 1. The molecule has 2 rings (SSSR count). The molecule has 0 aliphatic heterocycles. The molecular formula is C16H19ClN2O4. The molecule has 0 amide bonds. The van der Waals surface area contributed by atoms with E-state index in [0.29, 0.717) is 23.8 Å². The van der Waals surface area contributed by atoms with Gasteiger partial charge in [-0.2, -0.15) is 0 Å². The summed E-state index contributed by atoms with van der Waals surface area (Å²) in [6.45, 7) is 3.80. The van der Waals surface area contributed by atoms with Crippen LogP contribution < -0.4 is 9.57 Å². The number of carboxylic acids is 1. The number of halogens is 1. The van der Waals surface area contributed by atoms with Crippen LogP contribution in [-0.2, 0) is 4.79 Å². The first-order valence-electron chi connectivity index (χ1n) is 7.22. The smallest absolute Gasteiger partial charge is 0.350 e. The summed E-state index contributed by atoms with van der Waals surface area (Å²) in [5.41, 5.74) is -0.438. The molecular weight excluding hydrogens is 320 g/mol. The Morgan fingerprint density at radius 3 is 2.87 bits per heavy atom. The number of carbonyl (C=O) groups is 1. The van der Waals surface area contributed by atoms with Gasteiger partial charge in [0.15, 0.2) is 0 Å². The van der Waals surface area contributed by atoms with Crippen molar-refractivity contribution in [2.45, 2.75) is 32.3 Å². The first-order chi connectivity index (χ1) is 10.9. The number of carboxylic acid groups (broad SMARTS) is 1. The third-order valence-electron chi connectivity index (χ3n) is 3.42. The van der Waals surface area contributed by atoms with E-state index in [1.807, 2.05) is 13.0 Å². The van der Waals surface area contributed by atoms with Crippen molar-refractivity contribution >= 4 is 17.6 Å². The maximum Gasteiger partial charge on any atom is 0.350 e. The molecule has 1 aromatic heterocycles. The predicted octanol–water partition coefficient (Wildman–Crippen LogP) is 2.98. The zero-order valence-electron chi connectivity index (χ0n) is 13.0. The molecule has 1 unspecified atom stereocenters. The first-order valence-corrected chi connectivity index (χ1v) is 7.60. The largest absolute Gasteiger partial charge is 0.494 e. The molecule has 0 spiro atoms. The van der Waals surface area contributed by atoms with Gasteiger partial charge in [0, 0.05) is 11.4 Å². The van der Waals surface area contributed by atoms with E-state index >= 15 is 0 Å². The Labute approximate surface area is 139 Å². The van der Waals surface area contributed by atoms with Gasteiger partial charge in [-0.15, -0.1) is 9.94 Å². The molecule has 1 heterocycles. The predicted molar refractivity (Wildman–Crippen MR) is 85.8 cm³/mol. The van der Waals surface area contributed by atoms with E-state index in [9.17, 15) is 9.90 Å². The molecule has 6 nitrogen and oxygen atoms in total. The van der Waals surface area contributed by atoms with Gasteiger partial charge in [-0.1, -0.05) is 11.6 Å². The van der Waals surface area contributed by atoms with Crippen LogP contribution in [0.5, 0.6) is 5.75 Å². The lowest BCUT2D eigenvalue weighted by molar-refractivity contribution is -0.167. The lowest BCUT2D eigenvalue weighted by Gasteiger charge is -2.25. The second-order valence-electron chi connectivity index (χ2n) is 5.40. The van der Waals surface area contributed by atoms with E-state index in [1.54, 1.807) is 24.4 Å². The van der Waals surface area contributed by atoms with E-state index in [0.717, 1.165) is 10.4 Å². The molecule has 2 aromatic rings. The number of nitrogens with zero attached hydrogens (tertiary/aromatic N) is 2. The van der Waals surface area contributed by atoms with Gasteiger partial charge in [0.25, 0.3) is 0 Å². The second kappa shape index (κ2) is 7.37. The third kappa shape index (κ3) is 4.63. The molecule has 0 aliphatic carbocycles. The van der Waals surface area contributed by atoms with Crippen molar-refractivity contribution in [1.82, 2.24) is 9.94 Å². The molecule has 7 heteroatoms. The lowest BCUT2D eigenvalue weighted by Crippen LogP contribution is -2.46. The van der Waals surface area contributed by atoms with Crippen molar-refractivity contribution in [3.63, 3.8) is 0 Å². The fraction of sp³-hybridized carbons (Fsp3) is 0.375. The Morgan fingerprint density at radius 1 is 1.48 bits per heavy atom. The van der Waals surface area contributed by atoms with Gasteiger partial charge in [0.05, 0.1) is 19.0 Å². The molecule has 1 atom stereocenters. The molecule has 0 radical (unpaired) electrons. The summed E-state index contributed by atoms with van der Waals surface area (Å²) in [6.07, 6.45) is 3.88. The SMILES string of the molecule is Cc1cc(OCCCC(C)(On2cccn2)C(=O)O)ccc1Cl. The Balaban J connectivity index is 1.86. The standard InChI is InChI=1S/C16H19ClN2O4/c1-12-11-13(5-6-14(12)17)22-10-3-7-16(2,15(20)21)23-19-9-4-8-18-19/h4-6,8-9,11H,3,7,10H2,1-2H3,(H,20,21). The number of aromatic nitrogens is 2. The first kappa shape index (κ1) is 17.1. The molecule has 0 fully saturated rings. The molecule has 0 aliphatic rings. The van der Waals surface area contributed by atoms with E-state index in [1.165, 1.54) is 13.1 Å². The minimum absolute atomic E-state index is 0.286. The minimum Gasteiger partial charge on any atom is -0.494 e. The fourth-order valence-corrected chi connectivity index (χ4v) is 2.13. The number of hydrogen-bond acceptors (Lipinski definition) is 4. The summed E-state index contributed by atoms with van der Waals surface area (Å²) in [5.74, 6) is -0.340. The van der Waals surface area contributed by atoms with Crippen LogP contribution in [0, 0.1) is 6.92 Å². The Morgan fingerprint density at radius 2 is 2.26 bits per heavy atom. The molecule has 0 bridgehead atoms. The van der Waals surface area contributed by atoms with E-state index < -0.39 is 11.6 Å². The van der Waals surface area contributed by atoms with Gasteiger partial charge in [-0.3, -0.25) is 0 Å². The van der Waals surface area contributed by atoms with Crippen molar-refractivity contribution in [3.8, 4) is 5.75 Å². The summed E-state index contributed by atoms with van der Waals surface area (Å²) >= 11 is 5.96. The van der Waals surface area contributed by atoms with Crippen LogP contribution in [0.15, 0.2) is 36.7 Å². The van der Waals surface area contributed by atoms with Gasteiger partial charge >= 0.3 is 5.97 Å². The van der Waals surface area contributed by atoms with Crippen molar-refractivity contribution in [2.24, 2.45) is 0 Å². The summed E-state index contributed by atoms with van der Waals surface area (Å²) in [6, 6.07) is 7.06. The van der Waals surface area contributed by atoms with Gasteiger partial charge in [-0.25, -0.2) is 4.79 Å². The highest BCUT2D eigenvalue weighted by molar-refractivity contribution is 6.31. The number of benzene rings is 1. The zero-order valence-corrected chi connectivity index (χ0v) is 13.8. The number of aryl methyl sites for hydroxylation is 1. The molecule has 0 saturated carbocycles. The van der Waals surface area contributed by atoms with Crippen LogP contribution in [0.25, 0.3) is 0 Å². The average molecular weight is 339 g/mol. The highest BCUT2D eigenvalue weighted by Crippen LogP contribution is 2.22. The van der Waals surface area contributed by atoms with E-state index in [-0.39, 0.29) is 6.42 Å². The van der Waals surface area contributed by atoms with Crippen molar-refractivity contribution < 1.29 is 19.5 Å². The van der Waals surface area contributed by atoms with Crippen LogP contribution in [0.4, 0.5) is 0 Å². The number of aliphatic carboxylic acids is 1. The molecule has 23 heavy (non-hydrogen) atoms. The maximum atomic E-state index is 11.5. The van der Waals surface area contributed by atoms with Crippen LogP contribution in [-0.4, -0.2) is 33.2 Å². The van der Waals surface area contributed by atoms with Gasteiger partial charge in [0.1, 0.15) is 5.75 Å². The fourth-order valence-electron chi connectivity index (χ4n) is 2.01. The minimum atomic E-state index is -1.37. The monoisotopic (exact) mass is 338 g/mol. The van der Waals surface area contributed by atoms with Crippen molar-refractivity contribution in [1.29, 1.82) is 0 Å². The highest BCUT2D eigenvalue weighted by Gasteiger charge is 2.36. The van der Waals surface area contributed by atoms with Gasteiger partial charge < -0.3 is 14.7 Å². The summed E-state index contributed by atoms with van der Waals surface area (Å²) in [7, 11) is 0. The number of hydrogen-bond donors (Lipinski definition) is 1. The third-order valence-corrected chi connectivity index (χ3v) is 3.85. The van der Waals surface area contributed by atoms with E-state index in [4.69, 9.17) is 21.2 Å². The molecule has 0 saturated heterocycles. The normalized spacial score (nSPS) is 13.3. The van der Waals surface area contributed by atoms with Crippen LogP contribution in [0.1, 0.15) is 25.3 Å². The zero-order chi connectivity index (χ0) is 16.9. The molecule has 1 aromatic carbocycles. The Kier molecular flexibility index (Phi) is 5.50. The Hall–Kier alpha value is -2.21. The van der Waals surface area contributed by atoms with Crippen molar-refractivity contribution in [2.75, 3.05) is 6.61 Å². The maximum absolute atomic E-state index is 11.5. The molecule has 124 valence electrons. The summed E-state index contributed by atoms with van der Waals surface area (Å²) in [4.78, 5) is 18.0. The van der Waals surface area contributed by atoms with Crippen molar-refractivity contribution in [3.05, 3.63) is 47.2 Å². The van der Waals surface area contributed by atoms with E-state index in [2.05, 4.69) is 5.10 Å². The van der Waals surface area contributed by atoms with Crippen LogP contribution >= 0.6 is 11.6 Å². The highest BCUT2D eigenvalue weighted by atomic mass is 35.5. The van der Waals surface area contributed by atoms with Crippen LogP contribution in [0.3, 0.4) is 0 Å².